The quantitative estimate of drug-likeness (QED) is 0.549. The van der Waals surface area contributed by atoms with E-state index in [1.165, 1.54) is 0 Å². The lowest BCUT2D eigenvalue weighted by molar-refractivity contribution is 0.00578. The number of hydrogen-bond acceptors (Lipinski definition) is 6. The van der Waals surface area contributed by atoms with Gasteiger partial charge >= 0.3 is 7.12 Å². The molecule has 0 spiro atoms. The molecule has 0 radical (unpaired) electrons. The fourth-order valence-electron chi connectivity index (χ4n) is 3.54. The Kier molecular flexibility index (Phi) is 5.46. The molecule has 2 aromatic rings. The zero-order valence-electron chi connectivity index (χ0n) is 17.8. The first kappa shape index (κ1) is 20.4. The summed E-state index contributed by atoms with van der Waals surface area (Å²) >= 11 is 0. The van der Waals surface area contributed by atoms with Gasteiger partial charge in [-0.15, -0.1) is 0 Å². The first-order chi connectivity index (χ1) is 13.8. The average molecular weight is 400 g/mol. The van der Waals surface area contributed by atoms with E-state index in [0.29, 0.717) is 5.75 Å². The number of ether oxygens (including phenoxy) is 3. The lowest BCUT2D eigenvalue weighted by Crippen LogP contribution is -2.41. The summed E-state index contributed by atoms with van der Waals surface area (Å²) in [5, 5.41) is 4.48. The third-order valence-electron chi connectivity index (χ3n) is 5.99. The van der Waals surface area contributed by atoms with Gasteiger partial charge in [0.1, 0.15) is 12.0 Å². The number of rotatable bonds is 6. The molecule has 2 aliphatic heterocycles. The van der Waals surface area contributed by atoms with Crippen molar-refractivity contribution in [3.05, 3.63) is 30.6 Å². The summed E-state index contributed by atoms with van der Waals surface area (Å²) in [6.07, 6.45) is 5.95. The Morgan fingerprint density at radius 2 is 1.93 bits per heavy atom. The minimum Gasteiger partial charge on any atom is -0.468 e. The molecule has 156 valence electrons. The molecule has 0 saturated carbocycles. The number of aromatic nitrogens is 2. The Hall–Kier alpha value is -1.87. The van der Waals surface area contributed by atoms with E-state index in [4.69, 9.17) is 23.5 Å². The van der Waals surface area contributed by atoms with Crippen LogP contribution in [0.15, 0.2) is 30.6 Å². The van der Waals surface area contributed by atoms with E-state index < -0.39 is 18.3 Å². The predicted octanol–water partition coefficient (Wildman–Crippen LogP) is 3.14. The maximum atomic E-state index is 6.21. The van der Waals surface area contributed by atoms with Crippen LogP contribution in [0.25, 0.3) is 11.1 Å². The summed E-state index contributed by atoms with van der Waals surface area (Å²) in [5.74, 6) is 0.674. The van der Waals surface area contributed by atoms with E-state index in [-0.39, 0.29) is 13.0 Å². The van der Waals surface area contributed by atoms with E-state index >= 15 is 0 Å². The molecule has 8 heteroatoms. The van der Waals surface area contributed by atoms with E-state index in [0.717, 1.165) is 36.0 Å². The van der Waals surface area contributed by atoms with Crippen LogP contribution in [0.3, 0.4) is 0 Å². The van der Waals surface area contributed by atoms with Crippen LogP contribution in [0.4, 0.5) is 0 Å². The van der Waals surface area contributed by atoms with Crippen molar-refractivity contribution >= 4 is 12.6 Å². The largest absolute Gasteiger partial charge is 0.498 e. The Morgan fingerprint density at radius 1 is 1.17 bits per heavy atom. The molecule has 2 aliphatic rings. The monoisotopic (exact) mass is 400 g/mol. The number of methoxy groups -OCH3 is 1. The van der Waals surface area contributed by atoms with Gasteiger partial charge in [0.2, 0.25) is 0 Å². The van der Waals surface area contributed by atoms with Gasteiger partial charge < -0.3 is 23.5 Å². The number of hydrogen-bond donors (Lipinski definition) is 0. The molecular formula is C21H29BN2O5. The van der Waals surface area contributed by atoms with Crippen molar-refractivity contribution in [1.29, 1.82) is 0 Å². The summed E-state index contributed by atoms with van der Waals surface area (Å²) in [6, 6.07) is 6.01. The topological polar surface area (TPSA) is 64.0 Å². The van der Waals surface area contributed by atoms with Crippen molar-refractivity contribution in [2.45, 2.75) is 58.0 Å². The normalized spacial score (nSPS) is 22.9. The standard InChI is InChI=1S/C21H29BN2O5/c1-20(2)21(3,4)29-22(28-20)17-9-8-15(11-18(17)27-14-25-5)16-12-23-24(13-16)19-7-6-10-26-19/h8-9,11-13,19H,6-7,10,14H2,1-5H3. The van der Waals surface area contributed by atoms with Crippen LogP contribution in [0.5, 0.6) is 5.75 Å². The molecule has 0 amide bonds. The molecule has 4 rings (SSSR count). The Morgan fingerprint density at radius 3 is 2.59 bits per heavy atom. The van der Waals surface area contributed by atoms with Crippen LogP contribution >= 0.6 is 0 Å². The molecule has 0 bridgehead atoms. The van der Waals surface area contributed by atoms with Crippen molar-refractivity contribution in [2.24, 2.45) is 0 Å². The highest BCUT2D eigenvalue weighted by molar-refractivity contribution is 6.63. The van der Waals surface area contributed by atoms with E-state index in [2.05, 4.69) is 5.10 Å². The maximum Gasteiger partial charge on any atom is 0.498 e. The fourth-order valence-corrected chi connectivity index (χ4v) is 3.54. The van der Waals surface area contributed by atoms with Crippen LogP contribution in [-0.4, -0.2) is 48.6 Å². The van der Waals surface area contributed by atoms with Gasteiger partial charge in [0.05, 0.1) is 17.4 Å². The number of benzene rings is 1. The third-order valence-corrected chi connectivity index (χ3v) is 5.99. The van der Waals surface area contributed by atoms with Gasteiger partial charge in [-0.25, -0.2) is 4.68 Å². The summed E-state index contributed by atoms with van der Waals surface area (Å²) in [4.78, 5) is 0. The molecule has 1 atom stereocenters. The Labute approximate surface area is 172 Å². The van der Waals surface area contributed by atoms with Gasteiger partial charge in [0, 0.05) is 30.9 Å². The van der Waals surface area contributed by atoms with Crippen LogP contribution in [-0.2, 0) is 18.8 Å². The lowest BCUT2D eigenvalue weighted by atomic mass is 9.77. The highest BCUT2D eigenvalue weighted by Crippen LogP contribution is 2.37. The van der Waals surface area contributed by atoms with Gasteiger partial charge in [-0.05, 0) is 52.2 Å². The highest BCUT2D eigenvalue weighted by atomic mass is 16.7. The zero-order valence-corrected chi connectivity index (χ0v) is 17.8. The SMILES string of the molecule is COCOc1cc(-c2cnn(C3CCCO3)c2)ccc1B1OC(C)(C)C(C)(C)O1. The molecule has 29 heavy (non-hydrogen) atoms. The van der Waals surface area contributed by atoms with E-state index in [9.17, 15) is 0 Å². The molecule has 0 N–H and O–H groups in total. The van der Waals surface area contributed by atoms with Crippen LogP contribution in [0, 0.1) is 0 Å². The maximum absolute atomic E-state index is 6.21. The van der Waals surface area contributed by atoms with E-state index in [1.54, 1.807) is 7.11 Å². The number of nitrogens with zero attached hydrogens (tertiary/aromatic N) is 2. The first-order valence-electron chi connectivity index (χ1n) is 10.1. The highest BCUT2D eigenvalue weighted by Gasteiger charge is 2.52. The van der Waals surface area contributed by atoms with Crippen molar-refractivity contribution in [3.8, 4) is 16.9 Å². The van der Waals surface area contributed by atoms with Crippen LogP contribution in [0.1, 0.15) is 46.8 Å². The second-order valence-electron chi connectivity index (χ2n) is 8.57. The molecule has 1 unspecified atom stereocenters. The van der Waals surface area contributed by atoms with Crippen molar-refractivity contribution < 1.29 is 23.5 Å². The Bertz CT molecular complexity index is 845. The molecule has 1 aromatic heterocycles. The molecule has 3 heterocycles. The Balaban J connectivity index is 1.63. The van der Waals surface area contributed by atoms with Crippen molar-refractivity contribution in [2.75, 3.05) is 20.5 Å². The lowest BCUT2D eigenvalue weighted by Gasteiger charge is -2.32. The summed E-state index contributed by atoms with van der Waals surface area (Å²) in [5.41, 5.74) is 2.01. The minimum absolute atomic E-state index is 0.0250. The molecule has 2 fully saturated rings. The first-order valence-corrected chi connectivity index (χ1v) is 10.1. The predicted molar refractivity (Wildman–Crippen MR) is 110 cm³/mol. The van der Waals surface area contributed by atoms with Gasteiger partial charge in [-0.2, -0.15) is 5.10 Å². The van der Waals surface area contributed by atoms with Crippen LogP contribution < -0.4 is 10.2 Å². The molecule has 0 aliphatic carbocycles. The van der Waals surface area contributed by atoms with Gasteiger partial charge in [0.15, 0.2) is 6.79 Å². The second kappa shape index (κ2) is 7.76. The molecular weight excluding hydrogens is 371 g/mol. The molecule has 7 nitrogen and oxygen atoms in total. The molecule has 1 aromatic carbocycles. The summed E-state index contributed by atoms with van der Waals surface area (Å²) in [7, 11) is 1.10. The third kappa shape index (κ3) is 3.94. The van der Waals surface area contributed by atoms with Gasteiger partial charge in [-0.3, -0.25) is 0 Å². The molecule has 2 saturated heterocycles. The minimum atomic E-state index is -0.504. The summed E-state index contributed by atoms with van der Waals surface area (Å²) in [6.45, 7) is 9.09. The van der Waals surface area contributed by atoms with Crippen LogP contribution in [0.2, 0.25) is 0 Å². The van der Waals surface area contributed by atoms with Gasteiger partial charge in [0.25, 0.3) is 0 Å². The van der Waals surface area contributed by atoms with Crippen molar-refractivity contribution in [1.82, 2.24) is 9.78 Å². The van der Waals surface area contributed by atoms with E-state index in [1.807, 2.05) is 63.0 Å². The summed E-state index contributed by atoms with van der Waals surface area (Å²) < 4.78 is 31.0. The average Bonchev–Trinajstić information content (AvgIpc) is 3.39. The fraction of sp³-hybridized carbons (Fsp3) is 0.571. The van der Waals surface area contributed by atoms with Crippen molar-refractivity contribution in [3.63, 3.8) is 0 Å². The second-order valence-corrected chi connectivity index (χ2v) is 8.57. The zero-order chi connectivity index (χ0) is 20.6. The van der Waals surface area contributed by atoms with Gasteiger partial charge in [-0.1, -0.05) is 12.1 Å². The smallest absolute Gasteiger partial charge is 0.468 e.